The number of anilines is 1. The van der Waals surface area contributed by atoms with E-state index in [1.54, 1.807) is 7.05 Å². The van der Waals surface area contributed by atoms with Gasteiger partial charge in [0.1, 0.15) is 17.1 Å². The minimum Gasteiger partial charge on any atom is -0.478 e. The summed E-state index contributed by atoms with van der Waals surface area (Å²) in [6, 6.07) is 2.93. The number of ether oxygens (including phenoxy) is 1. The van der Waals surface area contributed by atoms with E-state index >= 15 is 0 Å². The van der Waals surface area contributed by atoms with Crippen LogP contribution in [0.2, 0.25) is 0 Å². The van der Waals surface area contributed by atoms with Crippen molar-refractivity contribution in [3.8, 4) is 0 Å². The summed E-state index contributed by atoms with van der Waals surface area (Å²) in [7, 11) is -2.64. The van der Waals surface area contributed by atoms with Gasteiger partial charge in [-0.1, -0.05) is 6.92 Å². The van der Waals surface area contributed by atoms with Crippen LogP contribution in [0.3, 0.4) is 0 Å². The van der Waals surface area contributed by atoms with Gasteiger partial charge in [0.05, 0.1) is 17.3 Å². The Kier molecular flexibility index (Phi) is 8.82. The smallest absolute Gasteiger partial charge is 0.397 e. The first-order valence-electron chi connectivity index (χ1n) is 12.8. The normalized spacial score (nSPS) is 18.2. The first-order valence-corrected chi connectivity index (χ1v) is 14.3. The fraction of sp³-hybridized carbons (Fsp3) is 0.538. The molecule has 4 N–H and O–H groups in total. The van der Waals surface area contributed by atoms with Crippen molar-refractivity contribution in [1.82, 2.24) is 19.5 Å². The molecule has 2 aromatic rings. The van der Waals surface area contributed by atoms with Gasteiger partial charge in [-0.2, -0.15) is 18.3 Å². The van der Waals surface area contributed by atoms with Gasteiger partial charge < -0.3 is 15.4 Å². The van der Waals surface area contributed by atoms with Gasteiger partial charge in [0.2, 0.25) is 0 Å². The molecule has 41 heavy (non-hydrogen) atoms. The number of aryl methyl sites for hydroxylation is 2. The molecule has 15 heteroatoms. The number of nitrogens with two attached hydrogens (primary N) is 1. The Morgan fingerprint density at radius 1 is 1.32 bits per heavy atom. The van der Waals surface area contributed by atoms with Crippen molar-refractivity contribution in [3.63, 3.8) is 0 Å². The number of carbonyl (C=O) groups is 1. The fourth-order valence-corrected chi connectivity index (χ4v) is 5.73. The monoisotopic (exact) mass is 600 g/mol. The Labute approximate surface area is 237 Å². The summed E-state index contributed by atoms with van der Waals surface area (Å²) in [5.74, 6) is -0.248. The Bertz CT molecular complexity index is 1460. The zero-order chi connectivity index (χ0) is 31.0. The number of carbonyl (C=O) groups excluding carboxylic acids is 1. The summed E-state index contributed by atoms with van der Waals surface area (Å²) < 4.78 is 73.6. The molecule has 11 nitrogen and oxygen atoms in total. The van der Waals surface area contributed by atoms with Crippen LogP contribution in [0.25, 0.3) is 0 Å². The molecule has 1 saturated heterocycles. The predicted molar refractivity (Wildman–Crippen MR) is 147 cm³/mol. The van der Waals surface area contributed by atoms with Gasteiger partial charge in [0.15, 0.2) is 5.88 Å². The molecule has 1 fully saturated rings. The van der Waals surface area contributed by atoms with Crippen LogP contribution in [0, 0.1) is 18.3 Å². The lowest BCUT2D eigenvalue weighted by molar-refractivity contribution is -0.351. The Morgan fingerprint density at radius 3 is 2.51 bits per heavy atom. The number of rotatable bonds is 9. The standard InChI is InChI=1S/C26H36F3N7O4S/c1-16-12-25(5,6)36(13-16)22-18(23(37)34-41(38,39)19-14-35(7)33-17(19)2)8-9-21(32-22)31-11-10-20(30)40-15-24(3,4)26(27,28)29/h8-11,14,16H,12-13,15,30H2,1-7H3,(H,34,37)/p+1/b20-10+,31-11?/t16-/m0/s1. The van der Waals surface area contributed by atoms with Gasteiger partial charge in [-0.05, 0) is 58.0 Å². The number of nitrogens with one attached hydrogen (secondary N) is 2. The molecule has 3 rings (SSSR count). The van der Waals surface area contributed by atoms with Crippen molar-refractivity contribution >= 4 is 33.8 Å². The van der Waals surface area contributed by atoms with Crippen LogP contribution in [0.1, 0.15) is 57.1 Å². The molecule has 0 spiro atoms. The average Bonchev–Trinajstić information content (AvgIpc) is 3.32. The number of aromatic nitrogens is 3. The summed E-state index contributed by atoms with van der Waals surface area (Å²) in [4.78, 5) is 22.6. The lowest BCUT2D eigenvalue weighted by atomic mass is 9.94. The minimum absolute atomic E-state index is 0.0515. The molecule has 1 atom stereocenters. The summed E-state index contributed by atoms with van der Waals surface area (Å²) in [5.41, 5.74) is 3.53. The molecule has 0 radical (unpaired) electrons. The van der Waals surface area contributed by atoms with Crippen LogP contribution >= 0.6 is 0 Å². The largest absolute Gasteiger partial charge is 0.478 e. The number of sulfonamides is 1. The molecule has 0 aromatic carbocycles. The number of nitrogens with zero attached hydrogens (tertiary/aromatic N) is 4. The number of hydrogen-bond acceptors (Lipinski definition) is 8. The van der Waals surface area contributed by atoms with E-state index in [1.165, 1.54) is 42.2 Å². The van der Waals surface area contributed by atoms with Crippen molar-refractivity contribution in [2.75, 3.05) is 18.1 Å². The number of pyridine rings is 1. The van der Waals surface area contributed by atoms with Crippen molar-refractivity contribution in [1.29, 1.82) is 0 Å². The highest BCUT2D eigenvalue weighted by Crippen LogP contribution is 2.38. The van der Waals surface area contributed by atoms with E-state index in [4.69, 9.17) is 10.5 Å². The molecule has 1 amide bonds. The average molecular weight is 601 g/mol. The van der Waals surface area contributed by atoms with Crippen molar-refractivity contribution in [2.45, 2.75) is 64.6 Å². The van der Waals surface area contributed by atoms with Crippen LogP contribution in [-0.4, -0.2) is 60.2 Å². The van der Waals surface area contributed by atoms with Crippen LogP contribution in [0.15, 0.2) is 35.2 Å². The van der Waals surface area contributed by atoms with Crippen molar-refractivity contribution < 1.29 is 36.1 Å². The topological polar surface area (TPSA) is 146 Å². The Balaban J connectivity index is 1.90. The summed E-state index contributed by atoms with van der Waals surface area (Å²) in [6.45, 7) is 9.54. The number of alkyl halides is 3. The minimum atomic E-state index is -4.46. The number of amides is 1. The SMILES string of the molecule is Cc1nn(C)cc1S(=O)(=O)NC(=O)c1ccc([NH+]=C/C=C(\N)OCC(C)(C)C(F)(F)F)nc1N1C[C@@H](C)CC1(C)C. The van der Waals surface area contributed by atoms with Gasteiger partial charge in [-0.25, -0.2) is 18.1 Å². The van der Waals surface area contributed by atoms with Gasteiger partial charge in [-0.15, -0.1) is 0 Å². The maximum absolute atomic E-state index is 13.3. The van der Waals surface area contributed by atoms with E-state index in [9.17, 15) is 26.4 Å². The molecule has 0 saturated carbocycles. The van der Waals surface area contributed by atoms with E-state index in [1.807, 2.05) is 18.7 Å². The van der Waals surface area contributed by atoms with E-state index in [-0.39, 0.29) is 45.1 Å². The Morgan fingerprint density at radius 2 is 1.98 bits per heavy atom. The zero-order valence-corrected chi connectivity index (χ0v) is 24.9. The molecular formula is C26H37F3N7O4S+. The Hall–Kier alpha value is -3.62. The first kappa shape index (κ1) is 31.9. The van der Waals surface area contributed by atoms with Crippen LogP contribution in [0.4, 0.5) is 24.8 Å². The molecule has 0 bridgehead atoms. The van der Waals surface area contributed by atoms with E-state index in [2.05, 4.69) is 26.7 Å². The van der Waals surface area contributed by atoms with E-state index in [0.29, 0.717) is 6.54 Å². The van der Waals surface area contributed by atoms with E-state index in [0.717, 1.165) is 20.3 Å². The number of hydrogen-bond donors (Lipinski definition) is 3. The summed E-state index contributed by atoms with van der Waals surface area (Å²) in [5, 5.41) is 4.03. The predicted octanol–water partition coefficient (Wildman–Crippen LogP) is 2.06. The molecule has 2 aromatic heterocycles. The van der Waals surface area contributed by atoms with Gasteiger partial charge >= 0.3 is 12.0 Å². The van der Waals surface area contributed by atoms with E-state index < -0.39 is 34.1 Å². The molecule has 1 aliphatic rings. The first-order chi connectivity index (χ1) is 18.7. The third-order valence-electron chi connectivity index (χ3n) is 6.78. The van der Waals surface area contributed by atoms with Gasteiger partial charge in [0, 0.05) is 37.5 Å². The van der Waals surface area contributed by atoms with Crippen LogP contribution in [-0.2, 0) is 21.8 Å². The van der Waals surface area contributed by atoms with Crippen LogP contribution in [0.5, 0.6) is 0 Å². The van der Waals surface area contributed by atoms with Crippen molar-refractivity contribution in [2.24, 2.45) is 24.1 Å². The lowest BCUT2D eigenvalue weighted by Crippen LogP contribution is -2.62. The maximum atomic E-state index is 13.3. The summed E-state index contributed by atoms with van der Waals surface area (Å²) >= 11 is 0. The number of allylic oxidation sites excluding steroid dienone is 1. The third-order valence-corrected chi connectivity index (χ3v) is 8.21. The molecule has 1 aliphatic heterocycles. The third kappa shape index (κ3) is 7.37. The highest BCUT2D eigenvalue weighted by molar-refractivity contribution is 7.90. The van der Waals surface area contributed by atoms with Crippen LogP contribution < -0.4 is 20.3 Å². The highest BCUT2D eigenvalue weighted by Gasteiger charge is 2.48. The molecular weight excluding hydrogens is 563 g/mol. The number of halogens is 3. The quantitative estimate of drug-likeness (QED) is 0.293. The second-order valence-electron chi connectivity index (χ2n) is 11.5. The van der Waals surface area contributed by atoms with Gasteiger partial charge in [-0.3, -0.25) is 9.48 Å². The van der Waals surface area contributed by atoms with Crippen molar-refractivity contribution in [3.05, 3.63) is 41.5 Å². The highest BCUT2D eigenvalue weighted by atomic mass is 32.2. The second kappa shape index (κ2) is 11.3. The zero-order valence-electron chi connectivity index (χ0n) is 24.1. The van der Waals surface area contributed by atoms with Gasteiger partial charge in [0.25, 0.3) is 21.7 Å². The molecule has 3 heterocycles. The lowest BCUT2D eigenvalue weighted by Gasteiger charge is -2.31. The fourth-order valence-electron chi connectivity index (χ4n) is 4.55. The molecule has 0 aliphatic carbocycles. The summed E-state index contributed by atoms with van der Waals surface area (Å²) in [6.07, 6.45) is 0.262. The molecule has 0 unspecified atom stereocenters. The molecule has 226 valence electrons. The maximum Gasteiger partial charge on any atom is 0.397 e. The second-order valence-corrected chi connectivity index (χ2v) is 13.2.